The number of hydrogen-bond donors (Lipinski definition) is 2. The second kappa shape index (κ2) is 10.6. The van der Waals surface area contributed by atoms with E-state index in [1.54, 1.807) is 0 Å². The summed E-state index contributed by atoms with van der Waals surface area (Å²) in [4.78, 5) is 2.71. The molecule has 0 bridgehead atoms. The van der Waals surface area contributed by atoms with Gasteiger partial charge in [-0.1, -0.05) is 33.6 Å². The van der Waals surface area contributed by atoms with Crippen LogP contribution in [0.5, 0.6) is 0 Å². The highest BCUT2D eigenvalue weighted by atomic mass is 16.3. The third-order valence-corrected chi connectivity index (χ3v) is 4.99. The Morgan fingerprint density at radius 3 is 2.29 bits per heavy atom. The molecule has 0 heterocycles. The van der Waals surface area contributed by atoms with E-state index in [0.29, 0.717) is 12.6 Å². The van der Waals surface area contributed by atoms with Gasteiger partial charge in [0.1, 0.15) is 0 Å². The largest absolute Gasteiger partial charge is 0.394 e. The van der Waals surface area contributed by atoms with Crippen LogP contribution in [0.15, 0.2) is 0 Å². The maximum Gasteiger partial charge on any atom is 0.0613 e. The summed E-state index contributed by atoms with van der Waals surface area (Å²) in [6, 6.07) is 0.661. The second-order valence-electron chi connectivity index (χ2n) is 6.86. The van der Waals surface area contributed by atoms with Crippen LogP contribution in [0.1, 0.15) is 78.6 Å². The van der Waals surface area contributed by atoms with Crippen molar-refractivity contribution in [2.24, 2.45) is 0 Å². The smallest absolute Gasteiger partial charge is 0.0613 e. The molecule has 2 unspecified atom stereocenters. The first kappa shape index (κ1) is 18.9. The van der Waals surface area contributed by atoms with Crippen molar-refractivity contribution in [3.63, 3.8) is 0 Å². The molecule has 21 heavy (non-hydrogen) atoms. The fourth-order valence-corrected chi connectivity index (χ4v) is 3.59. The Morgan fingerprint density at radius 2 is 1.76 bits per heavy atom. The monoisotopic (exact) mass is 298 g/mol. The zero-order chi connectivity index (χ0) is 15.6. The van der Waals surface area contributed by atoms with E-state index >= 15 is 0 Å². The molecule has 0 saturated heterocycles. The van der Waals surface area contributed by atoms with Gasteiger partial charge < -0.3 is 15.3 Å². The minimum Gasteiger partial charge on any atom is -0.394 e. The molecular formula is C18H38N2O. The molecule has 2 N–H and O–H groups in total. The molecule has 1 fully saturated rings. The van der Waals surface area contributed by atoms with Crippen LogP contribution in [0.2, 0.25) is 0 Å². The van der Waals surface area contributed by atoms with E-state index in [1.807, 2.05) is 0 Å². The fourth-order valence-electron chi connectivity index (χ4n) is 3.59. The van der Waals surface area contributed by atoms with Crippen molar-refractivity contribution in [2.45, 2.75) is 90.1 Å². The van der Waals surface area contributed by atoms with Crippen molar-refractivity contribution in [2.75, 3.05) is 26.2 Å². The molecule has 3 nitrogen and oxygen atoms in total. The van der Waals surface area contributed by atoms with E-state index in [0.717, 1.165) is 25.8 Å². The lowest BCUT2D eigenvalue weighted by molar-refractivity contribution is 0.0578. The lowest BCUT2D eigenvalue weighted by Crippen LogP contribution is -2.56. The van der Waals surface area contributed by atoms with Gasteiger partial charge in [0.15, 0.2) is 0 Å². The molecule has 0 aromatic heterocycles. The summed E-state index contributed by atoms with van der Waals surface area (Å²) < 4.78 is 0. The quantitative estimate of drug-likeness (QED) is 0.612. The Bertz CT molecular complexity index is 252. The number of nitrogens with zero attached hydrogens (tertiary/aromatic N) is 1. The van der Waals surface area contributed by atoms with Crippen molar-refractivity contribution >= 4 is 0 Å². The third-order valence-electron chi connectivity index (χ3n) is 4.99. The van der Waals surface area contributed by atoms with Crippen molar-refractivity contribution in [1.29, 1.82) is 0 Å². The molecule has 0 amide bonds. The number of rotatable bonds is 11. The third kappa shape index (κ3) is 6.25. The predicted molar refractivity (Wildman–Crippen MR) is 91.8 cm³/mol. The van der Waals surface area contributed by atoms with Gasteiger partial charge in [-0.25, -0.2) is 0 Å². The minimum absolute atomic E-state index is 0.0182. The molecule has 3 heteroatoms. The van der Waals surface area contributed by atoms with Crippen LogP contribution in [0, 0.1) is 0 Å². The van der Waals surface area contributed by atoms with Crippen molar-refractivity contribution in [3.05, 3.63) is 0 Å². The van der Waals surface area contributed by atoms with Gasteiger partial charge in [0.05, 0.1) is 6.61 Å². The van der Waals surface area contributed by atoms with Crippen molar-refractivity contribution < 1.29 is 5.11 Å². The zero-order valence-electron chi connectivity index (χ0n) is 14.7. The maximum atomic E-state index is 9.94. The number of nitrogens with one attached hydrogen (secondary N) is 1. The molecular weight excluding hydrogens is 260 g/mol. The molecule has 1 aliphatic rings. The minimum atomic E-state index is -0.0182. The van der Waals surface area contributed by atoms with Gasteiger partial charge in [-0.15, -0.1) is 0 Å². The average molecular weight is 299 g/mol. The number of hydrogen-bond acceptors (Lipinski definition) is 3. The molecule has 0 spiro atoms. The average Bonchev–Trinajstić information content (AvgIpc) is 2.53. The Morgan fingerprint density at radius 1 is 1.10 bits per heavy atom. The molecule has 0 aromatic carbocycles. The van der Waals surface area contributed by atoms with Gasteiger partial charge in [0, 0.05) is 11.6 Å². The summed E-state index contributed by atoms with van der Waals surface area (Å²) in [5.41, 5.74) is -0.0182. The van der Waals surface area contributed by atoms with Gasteiger partial charge in [-0.05, 0) is 64.6 Å². The zero-order valence-corrected chi connectivity index (χ0v) is 14.7. The Labute approximate surface area is 132 Å². The fraction of sp³-hybridized carbons (Fsp3) is 1.00. The highest BCUT2D eigenvalue weighted by Gasteiger charge is 2.37. The molecule has 0 aromatic rings. The van der Waals surface area contributed by atoms with E-state index in [4.69, 9.17) is 0 Å². The first-order valence-corrected chi connectivity index (χ1v) is 9.31. The molecule has 0 aliphatic heterocycles. The first-order chi connectivity index (χ1) is 10.2. The highest BCUT2D eigenvalue weighted by molar-refractivity contribution is 4.96. The number of aliphatic hydroxyl groups excluding tert-OH is 1. The molecule has 126 valence electrons. The summed E-state index contributed by atoms with van der Waals surface area (Å²) in [5.74, 6) is 0. The van der Waals surface area contributed by atoms with Gasteiger partial charge in [-0.3, -0.25) is 0 Å². The van der Waals surface area contributed by atoms with Crippen molar-refractivity contribution in [1.82, 2.24) is 10.2 Å². The van der Waals surface area contributed by atoms with Crippen molar-refractivity contribution in [3.8, 4) is 0 Å². The summed E-state index contributed by atoms with van der Waals surface area (Å²) in [6.45, 7) is 10.5. The normalized spacial score (nSPS) is 26.4. The van der Waals surface area contributed by atoms with E-state index in [1.165, 1.54) is 51.6 Å². The Kier molecular flexibility index (Phi) is 9.54. The standard InChI is InChI=1S/C18H38N2O/c1-4-7-13-20(14-8-5-2)17-10-9-11-18(15-17,16-21)19-12-6-3/h17,19,21H,4-16H2,1-3H3. The maximum absolute atomic E-state index is 9.94. The molecule has 1 aliphatic carbocycles. The SMILES string of the molecule is CCCCN(CCCC)C1CCCC(CO)(NCCC)C1. The van der Waals surface area contributed by atoms with Crippen LogP contribution in [-0.4, -0.2) is 47.8 Å². The topological polar surface area (TPSA) is 35.5 Å². The summed E-state index contributed by atoms with van der Waals surface area (Å²) in [7, 11) is 0. The lowest BCUT2D eigenvalue weighted by atomic mass is 9.78. The summed E-state index contributed by atoms with van der Waals surface area (Å²) >= 11 is 0. The van der Waals surface area contributed by atoms with Crippen LogP contribution >= 0.6 is 0 Å². The van der Waals surface area contributed by atoms with Crippen LogP contribution < -0.4 is 5.32 Å². The molecule has 1 saturated carbocycles. The van der Waals surface area contributed by atoms with Crippen LogP contribution in [0.3, 0.4) is 0 Å². The van der Waals surface area contributed by atoms with E-state index in [2.05, 4.69) is 31.0 Å². The van der Waals surface area contributed by atoms with Crippen LogP contribution in [0.4, 0.5) is 0 Å². The van der Waals surface area contributed by atoms with E-state index < -0.39 is 0 Å². The van der Waals surface area contributed by atoms with Gasteiger partial charge in [-0.2, -0.15) is 0 Å². The van der Waals surface area contributed by atoms with E-state index in [-0.39, 0.29) is 5.54 Å². The number of unbranched alkanes of at least 4 members (excludes halogenated alkanes) is 2. The predicted octanol–water partition coefficient (Wildman–Crippen LogP) is 3.56. The van der Waals surface area contributed by atoms with Gasteiger partial charge in [0.2, 0.25) is 0 Å². The first-order valence-electron chi connectivity index (χ1n) is 9.31. The van der Waals surface area contributed by atoms with Crippen LogP contribution in [-0.2, 0) is 0 Å². The molecule has 2 atom stereocenters. The summed E-state index contributed by atoms with van der Waals surface area (Å²) in [5, 5.41) is 13.6. The Balaban J connectivity index is 2.63. The van der Waals surface area contributed by atoms with Crippen LogP contribution in [0.25, 0.3) is 0 Å². The molecule has 0 radical (unpaired) electrons. The van der Waals surface area contributed by atoms with E-state index in [9.17, 15) is 5.11 Å². The highest BCUT2D eigenvalue weighted by Crippen LogP contribution is 2.31. The summed E-state index contributed by atoms with van der Waals surface area (Å²) in [6.07, 6.45) is 11.1. The van der Waals surface area contributed by atoms with Gasteiger partial charge >= 0.3 is 0 Å². The lowest BCUT2D eigenvalue weighted by Gasteiger charge is -2.44. The van der Waals surface area contributed by atoms with Gasteiger partial charge in [0.25, 0.3) is 0 Å². The number of aliphatic hydroxyl groups is 1. The molecule has 1 rings (SSSR count). The Hall–Kier alpha value is -0.120. The second-order valence-corrected chi connectivity index (χ2v) is 6.86.